The lowest BCUT2D eigenvalue weighted by Gasteiger charge is -2.01. The molecular formula is C8H15N3. The monoisotopic (exact) mass is 153 g/mol. The predicted octanol–water partition coefficient (Wildman–Crippen LogP) is 1.36. The molecule has 0 atom stereocenters. The Morgan fingerprint density at radius 1 is 1.45 bits per heavy atom. The van der Waals surface area contributed by atoms with E-state index in [1.807, 2.05) is 11.5 Å². The molecule has 1 aromatic rings. The van der Waals surface area contributed by atoms with Crippen LogP contribution in [0.3, 0.4) is 0 Å². The first-order valence-electron chi connectivity index (χ1n) is 4.02. The van der Waals surface area contributed by atoms with Gasteiger partial charge in [-0.25, -0.2) is 4.98 Å². The van der Waals surface area contributed by atoms with Crippen molar-refractivity contribution in [3.63, 3.8) is 0 Å². The maximum atomic E-state index is 5.83. The quantitative estimate of drug-likeness (QED) is 0.697. The number of aromatic nitrogens is 2. The molecule has 3 heteroatoms. The third-order valence-corrected chi connectivity index (χ3v) is 1.92. The van der Waals surface area contributed by atoms with Gasteiger partial charge in [0.05, 0.1) is 5.69 Å². The molecule has 2 N–H and O–H groups in total. The summed E-state index contributed by atoms with van der Waals surface area (Å²) in [5.74, 6) is 1.84. The number of aryl methyl sites for hydroxylation is 2. The van der Waals surface area contributed by atoms with Gasteiger partial charge in [0.2, 0.25) is 0 Å². The van der Waals surface area contributed by atoms with Gasteiger partial charge in [-0.05, 0) is 20.3 Å². The lowest BCUT2D eigenvalue weighted by Crippen LogP contribution is -2.02. The summed E-state index contributed by atoms with van der Waals surface area (Å²) < 4.78 is 2.03. The second-order valence-corrected chi connectivity index (χ2v) is 2.59. The van der Waals surface area contributed by atoms with Crippen molar-refractivity contribution in [2.75, 3.05) is 5.73 Å². The van der Waals surface area contributed by atoms with Crippen molar-refractivity contribution in [1.82, 2.24) is 9.55 Å². The van der Waals surface area contributed by atoms with Crippen molar-refractivity contribution >= 4 is 5.82 Å². The predicted molar refractivity (Wildman–Crippen MR) is 46.4 cm³/mol. The van der Waals surface area contributed by atoms with Crippen LogP contribution in [-0.2, 0) is 13.0 Å². The number of anilines is 1. The second-order valence-electron chi connectivity index (χ2n) is 2.59. The van der Waals surface area contributed by atoms with Crippen LogP contribution in [-0.4, -0.2) is 9.55 Å². The van der Waals surface area contributed by atoms with E-state index in [9.17, 15) is 0 Å². The van der Waals surface area contributed by atoms with Crippen LogP contribution in [0.5, 0.6) is 0 Å². The van der Waals surface area contributed by atoms with E-state index in [-0.39, 0.29) is 0 Å². The second kappa shape index (κ2) is 2.95. The van der Waals surface area contributed by atoms with E-state index in [0.717, 1.165) is 30.3 Å². The van der Waals surface area contributed by atoms with Crippen molar-refractivity contribution in [2.45, 2.75) is 33.7 Å². The van der Waals surface area contributed by atoms with Crippen LogP contribution in [0.15, 0.2) is 0 Å². The molecule has 0 saturated carbocycles. The Morgan fingerprint density at radius 2 is 2.09 bits per heavy atom. The van der Waals surface area contributed by atoms with Crippen molar-refractivity contribution in [2.24, 2.45) is 0 Å². The summed E-state index contributed by atoms with van der Waals surface area (Å²) in [6.07, 6.45) is 0.916. The summed E-state index contributed by atoms with van der Waals surface area (Å²) in [6.45, 7) is 7.03. The number of nitrogen functional groups attached to an aromatic ring is 1. The molecular weight excluding hydrogens is 138 g/mol. The molecule has 0 aliphatic rings. The summed E-state index contributed by atoms with van der Waals surface area (Å²) in [4.78, 5) is 4.34. The van der Waals surface area contributed by atoms with E-state index >= 15 is 0 Å². The maximum absolute atomic E-state index is 5.83. The minimum Gasteiger partial charge on any atom is -0.384 e. The number of nitrogens with two attached hydrogens (primary N) is 1. The number of hydrogen-bond acceptors (Lipinski definition) is 2. The van der Waals surface area contributed by atoms with Gasteiger partial charge < -0.3 is 10.3 Å². The number of rotatable bonds is 2. The molecule has 0 aromatic carbocycles. The molecule has 1 rings (SSSR count). The molecule has 0 bridgehead atoms. The molecule has 0 unspecified atom stereocenters. The third-order valence-electron chi connectivity index (χ3n) is 1.92. The zero-order chi connectivity index (χ0) is 8.43. The topological polar surface area (TPSA) is 43.8 Å². The van der Waals surface area contributed by atoms with Gasteiger partial charge in [0.15, 0.2) is 0 Å². The van der Waals surface area contributed by atoms with Crippen molar-refractivity contribution < 1.29 is 0 Å². The van der Waals surface area contributed by atoms with Crippen LogP contribution in [0.2, 0.25) is 0 Å². The van der Waals surface area contributed by atoms with Crippen LogP contribution in [0.4, 0.5) is 5.82 Å². The average molecular weight is 153 g/mol. The van der Waals surface area contributed by atoms with Gasteiger partial charge in [0, 0.05) is 6.54 Å². The molecule has 62 valence electrons. The van der Waals surface area contributed by atoms with Crippen LogP contribution in [0.25, 0.3) is 0 Å². The van der Waals surface area contributed by atoms with Crippen LogP contribution < -0.4 is 5.73 Å². The highest BCUT2D eigenvalue weighted by Crippen LogP contribution is 2.13. The fraction of sp³-hybridized carbons (Fsp3) is 0.625. The Balaban J connectivity index is 3.14. The minimum atomic E-state index is 0.826. The van der Waals surface area contributed by atoms with Crippen molar-refractivity contribution in [3.8, 4) is 0 Å². The number of imidazole rings is 1. The molecule has 0 aliphatic heterocycles. The SMILES string of the molecule is CCc1nc(C)n(CC)c1N. The van der Waals surface area contributed by atoms with Gasteiger partial charge in [0.25, 0.3) is 0 Å². The number of nitrogens with zero attached hydrogens (tertiary/aromatic N) is 2. The molecule has 0 saturated heterocycles. The highest BCUT2D eigenvalue weighted by atomic mass is 15.1. The molecule has 0 radical (unpaired) electrons. The molecule has 0 aliphatic carbocycles. The molecule has 0 spiro atoms. The Bertz CT molecular complexity index is 250. The van der Waals surface area contributed by atoms with Gasteiger partial charge in [-0.15, -0.1) is 0 Å². The van der Waals surface area contributed by atoms with E-state index in [4.69, 9.17) is 5.73 Å². The molecule has 1 heterocycles. The van der Waals surface area contributed by atoms with Gasteiger partial charge in [0.1, 0.15) is 11.6 Å². The highest BCUT2D eigenvalue weighted by molar-refractivity contribution is 5.37. The summed E-state index contributed by atoms with van der Waals surface area (Å²) >= 11 is 0. The number of hydrogen-bond donors (Lipinski definition) is 1. The summed E-state index contributed by atoms with van der Waals surface area (Å²) in [6, 6.07) is 0. The maximum Gasteiger partial charge on any atom is 0.126 e. The third kappa shape index (κ3) is 1.23. The Labute approximate surface area is 67.2 Å². The first-order valence-corrected chi connectivity index (χ1v) is 4.02. The smallest absolute Gasteiger partial charge is 0.126 e. The lowest BCUT2D eigenvalue weighted by atomic mass is 10.3. The van der Waals surface area contributed by atoms with Crippen LogP contribution in [0.1, 0.15) is 25.4 Å². The van der Waals surface area contributed by atoms with E-state index < -0.39 is 0 Å². The van der Waals surface area contributed by atoms with Crippen LogP contribution >= 0.6 is 0 Å². The fourth-order valence-electron chi connectivity index (χ4n) is 1.30. The first-order chi connectivity index (χ1) is 5.20. The zero-order valence-corrected chi connectivity index (χ0v) is 7.39. The van der Waals surface area contributed by atoms with Gasteiger partial charge in [-0.2, -0.15) is 0 Å². The molecule has 11 heavy (non-hydrogen) atoms. The molecule has 3 nitrogen and oxygen atoms in total. The zero-order valence-electron chi connectivity index (χ0n) is 7.39. The van der Waals surface area contributed by atoms with Gasteiger partial charge in [-0.3, -0.25) is 0 Å². The van der Waals surface area contributed by atoms with E-state index in [2.05, 4.69) is 18.8 Å². The average Bonchev–Trinajstić information content (AvgIpc) is 2.26. The summed E-state index contributed by atoms with van der Waals surface area (Å²) in [5, 5.41) is 0. The Kier molecular flexibility index (Phi) is 2.17. The normalized spacial score (nSPS) is 10.5. The standard InChI is InChI=1S/C8H15N3/c1-4-7-8(9)11(5-2)6(3)10-7/h4-5,9H2,1-3H3. The molecule has 1 aromatic heterocycles. The molecule has 0 amide bonds. The van der Waals surface area contributed by atoms with Crippen molar-refractivity contribution in [3.05, 3.63) is 11.5 Å². The minimum absolute atomic E-state index is 0.826. The first kappa shape index (κ1) is 8.11. The van der Waals surface area contributed by atoms with Gasteiger partial charge in [-0.1, -0.05) is 6.92 Å². The van der Waals surface area contributed by atoms with E-state index in [1.165, 1.54) is 0 Å². The Hall–Kier alpha value is -0.990. The summed E-state index contributed by atoms with van der Waals surface area (Å²) in [7, 11) is 0. The van der Waals surface area contributed by atoms with Crippen LogP contribution in [0, 0.1) is 6.92 Å². The lowest BCUT2D eigenvalue weighted by molar-refractivity contribution is 0.739. The Morgan fingerprint density at radius 3 is 2.36 bits per heavy atom. The van der Waals surface area contributed by atoms with E-state index in [1.54, 1.807) is 0 Å². The van der Waals surface area contributed by atoms with Gasteiger partial charge >= 0.3 is 0 Å². The van der Waals surface area contributed by atoms with E-state index in [0.29, 0.717) is 0 Å². The highest BCUT2D eigenvalue weighted by Gasteiger charge is 2.07. The fourth-order valence-corrected chi connectivity index (χ4v) is 1.30. The largest absolute Gasteiger partial charge is 0.384 e. The van der Waals surface area contributed by atoms with Crippen molar-refractivity contribution in [1.29, 1.82) is 0 Å². The summed E-state index contributed by atoms with van der Waals surface area (Å²) in [5.41, 5.74) is 6.84. The molecule has 0 fully saturated rings.